The van der Waals surface area contributed by atoms with Gasteiger partial charge in [0.2, 0.25) is 5.95 Å². The smallest absolute Gasteiger partial charge is 0.354 e. The third-order valence-electron chi connectivity index (χ3n) is 4.76. The molecule has 0 unspecified atom stereocenters. The maximum Gasteiger partial charge on any atom is 0.354 e. The second-order valence-corrected chi connectivity index (χ2v) is 9.12. The Hall–Kier alpha value is -3.15. The minimum Gasteiger partial charge on any atom is -0.491 e. The van der Waals surface area contributed by atoms with Gasteiger partial charge in [-0.25, -0.2) is 14.2 Å². The summed E-state index contributed by atoms with van der Waals surface area (Å²) in [5.41, 5.74) is 0.00285. The van der Waals surface area contributed by atoms with E-state index in [1.54, 1.807) is 24.3 Å². The van der Waals surface area contributed by atoms with Crippen LogP contribution in [0.5, 0.6) is 5.75 Å². The van der Waals surface area contributed by atoms with Crippen molar-refractivity contribution in [2.75, 3.05) is 5.32 Å². The molecule has 0 bridgehead atoms. The van der Waals surface area contributed by atoms with E-state index in [2.05, 4.69) is 32.9 Å². The number of nitrogens with one attached hydrogen (secondary N) is 1. The first-order valence-corrected chi connectivity index (χ1v) is 11.4. The van der Waals surface area contributed by atoms with Crippen LogP contribution in [0.25, 0.3) is 0 Å². The summed E-state index contributed by atoms with van der Waals surface area (Å²) in [6.07, 6.45) is 0.0328. The van der Waals surface area contributed by atoms with Gasteiger partial charge in [-0.2, -0.15) is 4.98 Å². The van der Waals surface area contributed by atoms with E-state index in [0.29, 0.717) is 11.4 Å². The van der Waals surface area contributed by atoms with Crippen LogP contribution in [0.4, 0.5) is 11.6 Å². The van der Waals surface area contributed by atoms with Crippen LogP contribution >= 0.6 is 22.6 Å². The number of aromatic nitrogens is 3. The van der Waals surface area contributed by atoms with Gasteiger partial charge in [-0.05, 0) is 78.4 Å². The van der Waals surface area contributed by atoms with E-state index >= 15 is 0 Å². The fraction of sp³-hybridized carbons (Fsp3) is 0.304. The molecule has 33 heavy (non-hydrogen) atoms. The first-order chi connectivity index (χ1) is 15.6. The number of hydrogen-bond acceptors (Lipinski definition) is 6. The Kier molecular flexibility index (Phi) is 7.90. The molecule has 2 aromatic carbocycles. The van der Waals surface area contributed by atoms with Gasteiger partial charge in [0.15, 0.2) is 0 Å². The van der Waals surface area contributed by atoms with E-state index in [1.165, 1.54) is 11.5 Å². The maximum atomic E-state index is 13.2. The van der Waals surface area contributed by atoms with E-state index in [4.69, 9.17) is 4.74 Å². The summed E-state index contributed by atoms with van der Waals surface area (Å²) in [6.45, 7) is 5.18. The molecule has 0 radical (unpaired) electrons. The Morgan fingerprint density at radius 1 is 1.06 bits per heavy atom. The van der Waals surface area contributed by atoms with E-state index in [9.17, 15) is 19.5 Å². The Morgan fingerprint density at radius 3 is 2.27 bits per heavy atom. The number of rotatable bonds is 9. The molecule has 0 aliphatic rings. The Bertz CT molecular complexity index is 1230. The van der Waals surface area contributed by atoms with Crippen LogP contribution in [0.1, 0.15) is 26.3 Å². The van der Waals surface area contributed by atoms with Gasteiger partial charge in [0.1, 0.15) is 5.75 Å². The van der Waals surface area contributed by atoms with E-state index in [-0.39, 0.29) is 25.1 Å². The molecule has 0 saturated carbocycles. The first kappa shape index (κ1) is 24.5. The summed E-state index contributed by atoms with van der Waals surface area (Å²) in [6, 6.07) is 14.7. The minimum atomic E-state index is -1.10. The van der Waals surface area contributed by atoms with Crippen molar-refractivity contribution in [3.8, 4) is 5.75 Å². The number of anilines is 2. The Labute approximate surface area is 204 Å². The van der Waals surface area contributed by atoms with Gasteiger partial charge in [-0.3, -0.25) is 9.36 Å². The van der Waals surface area contributed by atoms with E-state index in [1.807, 2.05) is 38.1 Å². The normalized spacial score (nSPS) is 11.9. The number of aliphatic carboxylic acids is 1. The molecule has 0 fully saturated rings. The number of carbonyl (C=O) groups is 1. The lowest BCUT2D eigenvalue weighted by atomic mass is 10.2. The Morgan fingerprint density at radius 2 is 1.70 bits per heavy atom. The summed E-state index contributed by atoms with van der Waals surface area (Å²) in [7, 11) is 0. The van der Waals surface area contributed by atoms with Crippen LogP contribution in [-0.2, 0) is 17.9 Å². The zero-order chi connectivity index (χ0) is 24.1. The third kappa shape index (κ3) is 6.44. The molecule has 0 saturated heterocycles. The van der Waals surface area contributed by atoms with Gasteiger partial charge in [-0.15, -0.1) is 0 Å². The summed E-state index contributed by atoms with van der Waals surface area (Å²) in [5, 5.41) is 12.2. The predicted molar refractivity (Wildman–Crippen MR) is 133 cm³/mol. The second-order valence-electron chi connectivity index (χ2n) is 7.88. The molecule has 0 aliphatic heterocycles. The average Bonchev–Trinajstić information content (AvgIpc) is 2.76. The highest BCUT2D eigenvalue weighted by Gasteiger charge is 2.19. The molecule has 1 atom stereocenters. The lowest BCUT2D eigenvalue weighted by Gasteiger charge is -2.17. The Balaban J connectivity index is 2.02. The van der Waals surface area contributed by atoms with Gasteiger partial charge < -0.3 is 15.2 Å². The van der Waals surface area contributed by atoms with E-state index in [0.717, 1.165) is 13.7 Å². The zero-order valence-electron chi connectivity index (χ0n) is 18.5. The molecule has 10 heteroatoms. The predicted octanol–water partition coefficient (Wildman–Crippen LogP) is 3.31. The van der Waals surface area contributed by atoms with Crippen molar-refractivity contribution in [1.29, 1.82) is 0 Å². The van der Waals surface area contributed by atoms with Crippen LogP contribution in [0.15, 0.2) is 58.1 Å². The summed E-state index contributed by atoms with van der Waals surface area (Å²) < 4.78 is 8.87. The lowest BCUT2D eigenvalue weighted by molar-refractivity contribution is -0.141. The minimum absolute atomic E-state index is 0.0328. The molecule has 0 aliphatic carbocycles. The number of benzene rings is 2. The van der Waals surface area contributed by atoms with Crippen molar-refractivity contribution in [1.82, 2.24) is 14.1 Å². The van der Waals surface area contributed by atoms with Crippen LogP contribution in [-0.4, -0.2) is 31.3 Å². The van der Waals surface area contributed by atoms with Gasteiger partial charge in [0.05, 0.1) is 18.6 Å². The molecule has 174 valence electrons. The number of ether oxygens (including phenoxy) is 1. The van der Waals surface area contributed by atoms with Crippen LogP contribution < -0.4 is 21.4 Å². The van der Waals surface area contributed by atoms with Crippen LogP contribution in [0.3, 0.4) is 0 Å². The van der Waals surface area contributed by atoms with Gasteiger partial charge >= 0.3 is 17.3 Å². The number of halogens is 1. The first-order valence-electron chi connectivity index (χ1n) is 10.4. The third-order valence-corrected chi connectivity index (χ3v) is 5.48. The van der Waals surface area contributed by atoms with Crippen LogP contribution in [0, 0.1) is 9.49 Å². The molecule has 1 heterocycles. The highest BCUT2D eigenvalue weighted by Crippen LogP contribution is 2.20. The molecule has 1 aromatic heterocycles. The van der Waals surface area contributed by atoms with Gasteiger partial charge in [0, 0.05) is 15.8 Å². The van der Waals surface area contributed by atoms with Gasteiger partial charge in [-0.1, -0.05) is 19.1 Å². The average molecular weight is 564 g/mol. The van der Waals surface area contributed by atoms with Crippen LogP contribution in [0.2, 0.25) is 0 Å². The second kappa shape index (κ2) is 10.6. The van der Waals surface area contributed by atoms with Crippen molar-refractivity contribution >= 4 is 40.2 Å². The maximum absolute atomic E-state index is 13.2. The molecule has 3 rings (SSSR count). The summed E-state index contributed by atoms with van der Waals surface area (Å²) in [4.78, 5) is 41.2. The number of nitrogens with zero attached hydrogens (tertiary/aromatic N) is 3. The highest BCUT2D eigenvalue weighted by molar-refractivity contribution is 14.1. The molecular formula is C23H25IN4O5. The SMILES string of the molecule is CC(C)Oc1ccc(Nc2nc(=O)n(C[C@H](C)C(=O)O)c(=O)n2Cc2ccc(I)cc2)cc1. The standard InChI is InChI=1S/C23H25IN4O5/c1-14(2)33-19-10-8-18(9-11-19)25-21-26-22(31)28(12-15(3)20(29)30)23(32)27(21)13-16-4-6-17(24)7-5-16/h4-11,14-15H,12-13H2,1-3H3,(H,29,30)(H,25,26,31)/t15-/m0/s1. The van der Waals surface area contributed by atoms with Crippen molar-refractivity contribution in [2.45, 2.75) is 40.0 Å². The topological polar surface area (TPSA) is 115 Å². The fourth-order valence-corrected chi connectivity index (χ4v) is 3.43. The molecular weight excluding hydrogens is 539 g/mol. The van der Waals surface area contributed by atoms with Crippen molar-refractivity contribution in [3.05, 3.63) is 78.6 Å². The summed E-state index contributed by atoms with van der Waals surface area (Å²) >= 11 is 2.19. The molecule has 0 amide bonds. The monoisotopic (exact) mass is 564 g/mol. The number of hydrogen-bond donors (Lipinski definition) is 2. The summed E-state index contributed by atoms with van der Waals surface area (Å²) in [5.74, 6) is -1.26. The molecule has 2 N–H and O–H groups in total. The van der Waals surface area contributed by atoms with E-state index < -0.39 is 23.3 Å². The largest absolute Gasteiger partial charge is 0.491 e. The molecule has 0 spiro atoms. The molecule has 3 aromatic rings. The highest BCUT2D eigenvalue weighted by atomic mass is 127. The lowest BCUT2D eigenvalue weighted by Crippen LogP contribution is -2.44. The fourth-order valence-electron chi connectivity index (χ4n) is 3.07. The number of carboxylic acids is 1. The zero-order valence-corrected chi connectivity index (χ0v) is 20.6. The quantitative estimate of drug-likeness (QED) is 0.384. The van der Waals surface area contributed by atoms with Gasteiger partial charge in [0.25, 0.3) is 0 Å². The molecule has 9 nitrogen and oxygen atoms in total. The van der Waals surface area contributed by atoms with Crippen molar-refractivity contribution in [2.24, 2.45) is 5.92 Å². The number of carboxylic acid groups (broad SMARTS) is 1. The van der Waals surface area contributed by atoms with Crippen molar-refractivity contribution < 1.29 is 14.6 Å². The van der Waals surface area contributed by atoms with Crippen molar-refractivity contribution in [3.63, 3.8) is 0 Å².